The van der Waals surface area contributed by atoms with Gasteiger partial charge in [-0.2, -0.15) is 0 Å². The van der Waals surface area contributed by atoms with Crippen molar-refractivity contribution in [1.29, 1.82) is 0 Å². The number of aliphatic hydroxyl groups is 1. The van der Waals surface area contributed by atoms with Gasteiger partial charge in [-0.1, -0.05) is 86.3 Å². The number of nitrogens with zero attached hydrogens (tertiary/aromatic N) is 1. The molecule has 2 aromatic carbocycles. The first kappa shape index (κ1) is 20.2. The molecule has 5 heteroatoms. The number of unbranched alkanes of at least 4 members (excludes halogenated alkanes) is 3. The van der Waals surface area contributed by atoms with Crippen LogP contribution in [0.1, 0.15) is 49.8 Å². The molecule has 1 atom stereocenters. The molecule has 1 unspecified atom stereocenters. The molecule has 2 aromatic rings. The summed E-state index contributed by atoms with van der Waals surface area (Å²) in [6, 6.07) is 15.3. The molecule has 1 fully saturated rings. The zero-order valence-electron chi connectivity index (χ0n) is 15.9. The van der Waals surface area contributed by atoms with Crippen molar-refractivity contribution in [3.63, 3.8) is 0 Å². The van der Waals surface area contributed by atoms with Crippen molar-refractivity contribution in [2.24, 2.45) is 0 Å². The molecule has 1 heterocycles. The van der Waals surface area contributed by atoms with Gasteiger partial charge in [-0.15, -0.1) is 0 Å². The molecule has 1 N–H and O–H groups in total. The van der Waals surface area contributed by atoms with Gasteiger partial charge in [0.25, 0.3) is 11.7 Å². The number of halogens is 1. The molecular formula is C23H24ClNO3. The molecule has 146 valence electrons. The maximum atomic E-state index is 12.9. The predicted molar refractivity (Wildman–Crippen MR) is 111 cm³/mol. The van der Waals surface area contributed by atoms with Gasteiger partial charge in [-0.05, 0) is 18.1 Å². The van der Waals surface area contributed by atoms with Gasteiger partial charge in [0, 0.05) is 17.1 Å². The number of carbonyl (C=O) groups is 2. The van der Waals surface area contributed by atoms with Crippen LogP contribution in [0, 0.1) is 0 Å². The van der Waals surface area contributed by atoms with E-state index < -0.39 is 17.7 Å². The zero-order chi connectivity index (χ0) is 20.1. The van der Waals surface area contributed by atoms with Gasteiger partial charge < -0.3 is 10.0 Å². The third-order valence-corrected chi connectivity index (χ3v) is 5.38. The zero-order valence-corrected chi connectivity index (χ0v) is 16.7. The van der Waals surface area contributed by atoms with E-state index in [1.54, 1.807) is 47.4 Å². The Labute approximate surface area is 170 Å². The fourth-order valence-corrected chi connectivity index (χ4v) is 3.83. The van der Waals surface area contributed by atoms with E-state index in [9.17, 15) is 14.7 Å². The Morgan fingerprint density at radius 1 is 1.00 bits per heavy atom. The minimum absolute atomic E-state index is 0.0970. The van der Waals surface area contributed by atoms with Crippen molar-refractivity contribution >= 4 is 29.1 Å². The van der Waals surface area contributed by atoms with Crippen molar-refractivity contribution in [2.75, 3.05) is 6.54 Å². The van der Waals surface area contributed by atoms with Gasteiger partial charge >= 0.3 is 0 Å². The summed E-state index contributed by atoms with van der Waals surface area (Å²) >= 11 is 6.41. The van der Waals surface area contributed by atoms with Gasteiger partial charge in [0.2, 0.25) is 0 Å². The molecular weight excluding hydrogens is 374 g/mol. The number of carbonyl (C=O) groups excluding carboxylic acids is 2. The summed E-state index contributed by atoms with van der Waals surface area (Å²) in [6.07, 6.45) is 3.94. The molecule has 1 aliphatic rings. The fourth-order valence-electron chi connectivity index (χ4n) is 3.59. The molecule has 1 aliphatic heterocycles. The summed E-state index contributed by atoms with van der Waals surface area (Å²) < 4.78 is 0. The number of aliphatic hydroxyl groups excluding tert-OH is 1. The Morgan fingerprint density at radius 3 is 2.36 bits per heavy atom. The topological polar surface area (TPSA) is 57.6 Å². The molecule has 0 saturated carbocycles. The van der Waals surface area contributed by atoms with Crippen molar-refractivity contribution in [3.8, 4) is 0 Å². The third kappa shape index (κ3) is 3.97. The number of hydrogen-bond acceptors (Lipinski definition) is 3. The van der Waals surface area contributed by atoms with Crippen LogP contribution in [0.4, 0.5) is 0 Å². The van der Waals surface area contributed by atoms with Crippen LogP contribution in [0.2, 0.25) is 5.02 Å². The highest BCUT2D eigenvalue weighted by molar-refractivity contribution is 6.47. The number of ketones is 1. The monoisotopic (exact) mass is 397 g/mol. The van der Waals surface area contributed by atoms with Crippen LogP contribution in [-0.4, -0.2) is 28.2 Å². The van der Waals surface area contributed by atoms with E-state index in [0.717, 1.165) is 25.7 Å². The van der Waals surface area contributed by atoms with Crippen molar-refractivity contribution in [2.45, 2.75) is 38.6 Å². The smallest absolute Gasteiger partial charge is 0.295 e. The van der Waals surface area contributed by atoms with Crippen LogP contribution in [-0.2, 0) is 9.59 Å². The van der Waals surface area contributed by atoms with E-state index in [2.05, 4.69) is 6.92 Å². The highest BCUT2D eigenvalue weighted by Crippen LogP contribution is 2.41. The SMILES string of the molecule is CCCCCCN1C(=O)C(=O)C(=C(O)c2ccccc2)C1c1ccccc1Cl. The number of Topliss-reactive ketones (excluding diaryl/α,β-unsaturated/α-hetero) is 1. The van der Waals surface area contributed by atoms with Crippen LogP contribution in [0.15, 0.2) is 60.2 Å². The molecule has 0 aliphatic carbocycles. The predicted octanol–water partition coefficient (Wildman–Crippen LogP) is 5.34. The van der Waals surface area contributed by atoms with E-state index >= 15 is 0 Å². The second-order valence-corrected chi connectivity index (χ2v) is 7.35. The summed E-state index contributed by atoms with van der Waals surface area (Å²) in [5, 5.41) is 11.4. The second-order valence-electron chi connectivity index (χ2n) is 6.94. The van der Waals surface area contributed by atoms with Crippen molar-refractivity contribution < 1.29 is 14.7 Å². The molecule has 0 spiro atoms. The minimum atomic E-state index is -0.685. The Bertz CT molecular complexity index is 892. The standard InChI is InChI=1S/C23H24ClNO3/c1-2-3-4-10-15-25-20(17-13-8-9-14-18(17)24)19(22(27)23(25)28)21(26)16-11-6-5-7-12-16/h5-9,11-14,20,26H,2-4,10,15H2,1H3. The first-order valence-corrected chi connectivity index (χ1v) is 10.0. The molecule has 1 amide bonds. The highest BCUT2D eigenvalue weighted by atomic mass is 35.5. The molecule has 0 bridgehead atoms. The maximum absolute atomic E-state index is 12.9. The van der Waals surface area contributed by atoms with Gasteiger partial charge in [0.15, 0.2) is 0 Å². The maximum Gasteiger partial charge on any atom is 0.295 e. The van der Waals surface area contributed by atoms with Crippen LogP contribution >= 0.6 is 11.6 Å². The lowest BCUT2D eigenvalue weighted by molar-refractivity contribution is -0.139. The van der Waals surface area contributed by atoms with Crippen LogP contribution < -0.4 is 0 Å². The number of hydrogen-bond donors (Lipinski definition) is 1. The van der Waals surface area contributed by atoms with E-state index in [-0.39, 0.29) is 11.3 Å². The highest BCUT2D eigenvalue weighted by Gasteiger charge is 2.46. The van der Waals surface area contributed by atoms with Crippen LogP contribution in [0.25, 0.3) is 5.76 Å². The van der Waals surface area contributed by atoms with Gasteiger partial charge in [-0.25, -0.2) is 0 Å². The fraction of sp³-hybridized carbons (Fsp3) is 0.304. The summed E-state index contributed by atoms with van der Waals surface area (Å²) in [5.74, 6) is -1.42. The number of likely N-dealkylation sites (tertiary alicyclic amines) is 1. The van der Waals surface area contributed by atoms with E-state index in [1.807, 2.05) is 12.1 Å². The molecule has 4 nitrogen and oxygen atoms in total. The largest absolute Gasteiger partial charge is 0.507 e. The lowest BCUT2D eigenvalue weighted by Crippen LogP contribution is -2.30. The summed E-state index contributed by atoms with van der Waals surface area (Å²) in [7, 11) is 0. The minimum Gasteiger partial charge on any atom is -0.507 e. The van der Waals surface area contributed by atoms with E-state index in [1.165, 1.54) is 0 Å². The quantitative estimate of drug-likeness (QED) is 0.297. The Kier molecular flexibility index (Phi) is 6.53. The van der Waals surface area contributed by atoms with E-state index in [0.29, 0.717) is 22.7 Å². The molecule has 1 saturated heterocycles. The molecule has 3 rings (SSSR count). The number of amides is 1. The molecule has 0 aromatic heterocycles. The summed E-state index contributed by atoms with van der Waals surface area (Å²) in [4.78, 5) is 27.2. The average molecular weight is 398 g/mol. The summed E-state index contributed by atoms with van der Waals surface area (Å²) in [6.45, 7) is 2.57. The second kappa shape index (κ2) is 9.07. The molecule has 0 radical (unpaired) electrons. The van der Waals surface area contributed by atoms with Gasteiger partial charge in [0.1, 0.15) is 5.76 Å². The first-order chi connectivity index (χ1) is 13.6. The normalized spacial score (nSPS) is 18.6. The van der Waals surface area contributed by atoms with E-state index in [4.69, 9.17) is 11.6 Å². The lowest BCUT2D eigenvalue weighted by Gasteiger charge is -2.26. The average Bonchev–Trinajstić information content (AvgIpc) is 2.96. The third-order valence-electron chi connectivity index (χ3n) is 5.04. The van der Waals surface area contributed by atoms with Crippen molar-refractivity contribution in [1.82, 2.24) is 4.90 Å². The van der Waals surface area contributed by atoms with Crippen molar-refractivity contribution in [3.05, 3.63) is 76.3 Å². The van der Waals surface area contributed by atoms with Crippen LogP contribution in [0.5, 0.6) is 0 Å². The number of benzene rings is 2. The lowest BCUT2D eigenvalue weighted by atomic mass is 9.95. The number of rotatable bonds is 7. The van der Waals surface area contributed by atoms with Gasteiger partial charge in [0.05, 0.1) is 11.6 Å². The Morgan fingerprint density at radius 2 is 1.68 bits per heavy atom. The van der Waals surface area contributed by atoms with Crippen LogP contribution in [0.3, 0.4) is 0 Å². The summed E-state index contributed by atoms with van der Waals surface area (Å²) in [5.41, 5.74) is 1.25. The Hall–Kier alpha value is -2.59. The Balaban J connectivity index is 2.08. The first-order valence-electron chi connectivity index (χ1n) is 9.64. The van der Waals surface area contributed by atoms with Gasteiger partial charge in [-0.3, -0.25) is 9.59 Å². The molecule has 28 heavy (non-hydrogen) atoms.